The summed E-state index contributed by atoms with van der Waals surface area (Å²) in [6.07, 6.45) is 1.35. The average Bonchev–Trinajstić information content (AvgIpc) is 3.33. The zero-order valence-corrected chi connectivity index (χ0v) is 17.5. The number of benzene rings is 1. The number of ether oxygens (including phenoxy) is 1. The van der Waals surface area contributed by atoms with Crippen molar-refractivity contribution in [3.63, 3.8) is 0 Å². The molecule has 0 aliphatic heterocycles. The molecule has 4 rings (SSSR count). The molecule has 2 aliphatic carbocycles. The Hall–Kier alpha value is -2.81. The molecule has 0 amide bonds. The topological polar surface area (TPSA) is 134 Å². The number of furan rings is 1. The predicted molar refractivity (Wildman–Crippen MR) is 111 cm³/mol. The van der Waals surface area contributed by atoms with Crippen LogP contribution in [-0.2, 0) is 33.8 Å². The monoisotopic (exact) mass is 442 g/mol. The number of aromatic carboxylic acids is 1. The fourth-order valence-electron chi connectivity index (χ4n) is 4.79. The van der Waals surface area contributed by atoms with E-state index in [9.17, 15) is 24.6 Å². The van der Waals surface area contributed by atoms with E-state index in [0.717, 1.165) is 36.0 Å². The number of carboxylic acids is 1. The third kappa shape index (κ3) is 4.39. The van der Waals surface area contributed by atoms with Gasteiger partial charge in [-0.25, -0.2) is 4.79 Å². The van der Waals surface area contributed by atoms with Crippen molar-refractivity contribution in [3.05, 3.63) is 58.5 Å². The zero-order valence-electron chi connectivity index (χ0n) is 17.5. The number of hydrogen-bond donors (Lipinski definition) is 3. The van der Waals surface area contributed by atoms with Crippen LogP contribution in [0.2, 0.25) is 0 Å². The highest BCUT2D eigenvalue weighted by atomic mass is 16.5. The van der Waals surface area contributed by atoms with Crippen LogP contribution in [0.15, 0.2) is 34.7 Å². The summed E-state index contributed by atoms with van der Waals surface area (Å²) in [4.78, 5) is 35.9. The summed E-state index contributed by atoms with van der Waals surface area (Å²) in [5.41, 5.74) is 3.10. The number of carbonyl (C=O) groups is 3. The third-order valence-corrected chi connectivity index (χ3v) is 6.47. The lowest BCUT2D eigenvalue weighted by atomic mass is 9.83. The van der Waals surface area contributed by atoms with Crippen molar-refractivity contribution in [1.29, 1.82) is 0 Å². The van der Waals surface area contributed by atoms with Crippen LogP contribution < -0.4 is 0 Å². The van der Waals surface area contributed by atoms with Crippen LogP contribution in [0, 0.1) is 11.8 Å². The second-order valence-corrected chi connectivity index (χ2v) is 8.44. The van der Waals surface area contributed by atoms with Gasteiger partial charge >= 0.3 is 5.97 Å². The number of hydrogen-bond acceptors (Lipinski definition) is 7. The number of aryl methyl sites for hydroxylation is 1. The maximum atomic E-state index is 12.5. The highest BCUT2D eigenvalue weighted by Gasteiger charge is 2.48. The molecule has 1 saturated carbocycles. The number of aliphatic hydroxyl groups excluding tert-OH is 2. The van der Waals surface area contributed by atoms with Gasteiger partial charge in [-0.2, -0.15) is 0 Å². The van der Waals surface area contributed by atoms with Gasteiger partial charge < -0.3 is 24.5 Å². The van der Waals surface area contributed by atoms with Gasteiger partial charge in [-0.3, -0.25) is 9.59 Å². The minimum atomic E-state index is -1.64. The first kappa shape index (κ1) is 22.4. The summed E-state index contributed by atoms with van der Waals surface area (Å²) in [7, 11) is 0. The molecule has 1 heterocycles. The van der Waals surface area contributed by atoms with E-state index in [1.807, 2.05) is 18.2 Å². The van der Waals surface area contributed by atoms with Gasteiger partial charge in [0, 0.05) is 5.92 Å². The third-order valence-electron chi connectivity index (χ3n) is 6.47. The van der Waals surface area contributed by atoms with Crippen LogP contribution in [0.4, 0.5) is 0 Å². The van der Waals surface area contributed by atoms with E-state index in [1.165, 1.54) is 12.1 Å². The standard InChI is InChI=1S/C24H26O8/c25-19-6-2-4-15-13(3-1-5-16(15)19)7-9-17-18(22(27)23(28)21(17)26)12-31-11-14-8-10-20(32-14)24(29)30/h1,3,5,8,10,17-19,23,25,28H,2,4,6-7,9,11-12H2,(H,29,30)/t17-,18-,19?,23?/m1/s1. The van der Waals surface area contributed by atoms with Gasteiger partial charge in [-0.15, -0.1) is 0 Å². The Balaban J connectivity index is 1.41. The Morgan fingerprint density at radius 1 is 1.09 bits per heavy atom. The van der Waals surface area contributed by atoms with Crippen LogP contribution in [0.5, 0.6) is 0 Å². The molecule has 1 aromatic carbocycles. The molecule has 1 fully saturated rings. The largest absolute Gasteiger partial charge is 0.475 e. The van der Waals surface area contributed by atoms with Crippen molar-refractivity contribution in [1.82, 2.24) is 0 Å². The molecule has 8 nitrogen and oxygen atoms in total. The highest BCUT2D eigenvalue weighted by Crippen LogP contribution is 2.35. The molecule has 2 aliphatic rings. The van der Waals surface area contributed by atoms with Crippen molar-refractivity contribution in [3.8, 4) is 0 Å². The first-order chi connectivity index (χ1) is 15.4. The molecule has 2 aromatic rings. The summed E-state index contributed by atoms with van der Waals surface area (Å²) >= 11 is 0. The van der Waals surface area contributed by atoms with Crippen molar-refractivity contribution in [2.45, 2.75) is 50.9 Å². The fourth-order valence-corrected chi connectivity index (χ4v) is 4.79. The number of carbonyl (C=O) groups excluding carboxylic acids is 2. The van der Waals surface area contributed by atoms with E-state index >= 15 is 0 Å². The summed E-state index contributed by atoms with van der Waals surface area (Å²) in [5, 5.41) is 29.2. The molecule has 0 radical (unpaired) electrons. The van der Waals surface area contributed by atoms with Crippen LogP contribution in [-0.4, -0.2) is 45.6 Å². The summed E-state index contributed by atoms with van der Waals surface area (Å²) in [6.45, 7) is -0.112. The molecule has 0 saturated heterocycles. The summed E-state index contributed by atoms with van der Waals surface area (Å²) in [5.74, 6) is -3.56. The molecular weight excluding hydrogens is 416 g/mol. The highest BCUT2D eigenvalue weighted by molar-refractivity contribution is 6.13. The van der Waals surface area contributed by atoms with E-state index in [2.05, 4.69) is 0 Å². The lowest BCUT2D eigenvalue weighted by Gasteiger charge is -2.24. The van der Waals surface area contributed by atoms with Gasteiger partial charge in [0.1, 0.15) is 12.4 Å². The Bertz CT molecular complexity index is 1020. The second-order valence-electron chi connectivity index (χ2n) is 8.44. The van der Waals surface area contributed by atoms with Gasteiger partial charge in [0.15, 0.2) is 17.7 Å². The number of ketones is 2. The maximum absolute atomic E-state index is 12.5. The molecule has 4 atom stereocenters. The molecule has 170 valence electrons. The van der Waals surface area contributed by atoms with Crippen LogP contribution in [0.1, 0.15) is 58.4 Å². The van der Waals surface area contributed by atoms with Gasteiger partial charge in [-0.05, 0) is 60.9 Å². The first-order valence-electron chi connectivity index (χ1n) is 10.8. The maximum Gasteiger partial charge on any atom is 0.371 e. The molecule has 2 unspecified atom stereocenters. The quantitative estimate of drug-likeness (QED) is 0.530. The lowest BCUT2D eigenvalue weighted by Crippen LogP contribution is -2.24. The number of rotatable bonds is 8. The van der Waals surface area contributed by atoms with Gasteiger partial charge in [-0.1, -0.05) is 18.2 Å². The van der Waals surface area contributed by atoms with Gasteiger partial charge in [0.25, 0.3) is 0 Å². The van der Waals surface area contributed by atoms with E-state index in [1.54, 1.807) is 0 Å². The molecule has 0 spiro atoms. The lowest BCUT2D eigenvalue weighted by molar-refractivity contribution is -0.134. The first-order valence-corrected chi connectivity index (χ1v) is 10.8. The van der Waals surface area contributed by atoms with Gasteiger partial charge in [0.2, 0.25) is 5.76 Å². The Kier molecular flexibility index (Phi) is 6.55. The minimum Gasteiger partial charge on any atom is -0.475 e. The minimum absolute atomic E-state index is 0.0435. The summed E-state index contributed by atoms with van der Waals surface area (Å²) < 4.78 is 10.7. The Morgan fingerprint density at radius 3 is 2.62 bits per heavy atom. The molecular formula is C24H26O8. The fraction of sp³-hybridized carbons (Fsp3) is 0.458. The van der Waals surface area contributed by atoms with Crippen LogP contribution in [0.25, 0.3) is 0 Å². The van der Waals surface area contributed by atoms with Crippen LogP contribution in [0.3, 0.4) is 0 Å². The Labute approximate surface area is 184 Å². The average molecular weight is 442 g/mol. The van der Waals surface area contributed by atoms with Gasteiger partial charge in [0.05, 0.1) is 18.6 Å². The molecule has 8 heteroatoms. The van der Waals surface area contributed by atoms with E-state index in [0.29, 0.717) is 18.6 Å². The SMILES string of the molecule is O=C(O)c1ccc(COC[C@H]2C(=O)C(O)C(=O)[C@@H]2CCc2cccc3c2CCCC3O)o1. The molecule has 3 N–H and O–H groups in total. The normalized spacial score (nSPS) is 25.2. The molecule has 1 aromatic heterocycles. The van der Waals surface area contributed by atoms with Crippen molar-refractivity contribution < 1.29 is 38.9 Å². The number of carboxylic acid groups (broad SMARTS) is 1. The van der Waals surface area contributed by atoms with Crippen molar-refractivity contribution in [2.75, 3.05) is 6.61 Å². The number of Topliss-reactive ketones (excluding diaryl/α,β-unsaturated/α-hetero) is 2. The van der Waals surface area contributed by atoms with Crippen LogP contribution >= 0.6 is 0 Å². The van der Waals surface area contributed by atoms with E-state index in [4.69, 9.17) is 14.3 Å². The predicted octanol–water partition coefficient (Wildman–Crippen LogP) is 2.24. The smallest absolute Gasteiger partial charge is 0.371 e. The Morgan fingerprint density at radius 2 is 1.88 bits per heavy atom. The van der Waals surface area contributed by atoms with E-state index < -0.39 is 41.6 Å². The second kappa shape index (κ2) is 9.36. The van der Waals surface area contributed by atoms with E-state index in [-0.39, 0.29) is 19.0 Å². The zero-order chi connectivity index (χ0) is 22.8. The number of aliphatic hydroxyl groups is 2. The molecule has 32 heavy (non-hydrogen) atoms. The number of fused-ring (bicyclic) bond motifs is 1. The van der Waals surface area contributed by atoms with Crippen molar-refractivity contribution in [2.24, 2.45) is 11.8 Å². The molecule has 0 bridgehead atoms. The van der Waals surface area contributed by atoms with Crippen molar-refractivity contribution >= 4 is 17.5 Å². The summed E-state index contributed by atoms with van der Waals surface area (Å²) in [6, 6.07) is 8.60.